The molecule has 2 N–H and O–H groups in total. The Morgan fingerprint density at radius 1 is 1.56 bits per heavy atom. The van der Waals surface area contributed by atoms with E-state index >= 15 is 0 Å². The molecule has 0 aromatic heterocycles. The molecule has 3 nitrogen and oxygen atoms in total. The van der Waals surface area contributed by atoms with Crippen LogP contribution in [0.4, 0.5) is 10.1 Å². The summed E-state index contributed by atoms with van der Waals surface area (Å²) in [5, 5.41) is 5.45. The van der Waals surface area contributed by atoms with Crippen molar-refractivity contribution >= 4 is 23.2 Å². The lowest BCUT2D eigenvalue weighted by Crippen LogP contribution is -2.29. The van der Waals surface area contributed by atoms with Gasteiger partial charge < -0.3 is 10.6 Å². The SMILES string of the molecule is C=CCNC(=O)CNc1ccc(F)c(Cl)c1. The molecule has 16 heavy (non-hydrogen) atoms. The predicted molar refractivity (Wildman–Crippen MR) is 63.1 cm³/mol. The van der Waals surface area contributed by atoms with Crippen LogP contribution in [0.25, 0.3) is 0 Å². The smallest absolute Gasteiger partial charge is 0.239 e. The van der Waals surface area contributed by atoms with Crippen LogP contribution in [0.1, 0.15) is 0 Å². The third kappa shape index (κ3) is 3.90. The van der Waals surface area contributed by atoms with Gasteiger partial charge in [0.05, 0.1) is 11.6 Å². The van der Waals surface area contributed by atoms with Crippen LogP contribution in [0.5, 0.6) is 0 Å². The van der Waals surface area contributed by atoms with E-state index in [0.29, 0.717) is 12.2 Å². The molecule has 0 saturated carbocycles. The van der Waals surface area contributed by atoms with Crippen molar-refractivity contribution in [1.82, 2.24) is 5.32 Å². The molecule has 0 saturated heterocycles. The van der Waals surface area contributed by atoms with Gasteiger partial charge in [-0.1, -0.05) is 17.7 Å². The first kappa shape index (κ1) is 12.5. The van der Waals surface area contributed by atoms with E-state index in [4.69, 9.17) is 11.6 Å². The van der Waals surface area contributed by atoms with Crippen LogP contribution >= 0.6 is 11.6 Å². The topological polar surface area (TPSA) is 41.1 Å². The number of carbonyl (C=O) groups is 1. The van der Waals surface area contributed by atoms with Gasteiger partial charge in [-0.2, -0.15) is 0 Å². The molecule has 1 rings (SSSR count). The minimum Gasteiger partial charge on any atom is -0.376 e. The van der Waals surface area contributed by atoms with E-state index in [1.807, 2.05) is 0 Å². The van der Waals surface area contributed by atoms with Crippen molar-refractivity contribution in [2.75, 3.05) is 18.4 Å². The van der Waals surface area contributed by atoms with E-state index < -0.39 is 5.82 Å². The molecule has 0 spiro atoms. The van der Waals surface area contributed by atoms with E-state index in [-0.39, 0.29) is 17.5 Å². The minimum atomic E-state index is -0.483. The number of rotatable bonds is 5. The Kier molecular flexibility index (Phi) is 4.79. The molecule has 0 atom stereocenters. The minimum absolute atomic E-state index is 0.0245. The van der Waals surface area contributed by atoms with Gasteiger partial charge in [-0.05, 0) is 18.2 Å². The molecule has 1 aromatic carbocycles. The molecule has 5 heteroatoms. The van der Waals surface area contributed by atoms with Crippen molar-refractivity contribution in [2.45, 2.75) is 0 Å². The van der Waals surface area contributed by atoms with Gasteiger partial charge in [0.25, 0.3) is 0 Å². The fraction of sp³-hybridized carbons (Fsp3) is 0.182. The quantitative estimate of drug-likeness (QED) is 0.778. The Balaban J connectivity index is 2.45. The van der Waals surface area contributed by atoms with E-state index in [1.54, 1.807) is 6.08 Å². The molecule has 0 heterocycles. The summed E-state index contributed by atoms with van der Waals surface area (Å²) in [4.78, 5) is 11.2. The Labute approximate surface area is 98.3 Å². The fourth-order valence-corrected chi connectivity index (χ4v) is 1.22. The Bertz CT molecular complexity index is 396. The molecule has 0 aliphatic carbocycles. The van der Waals surface area contributed by atoms with Crippen LogP contribution < -0.4 is 10.6 Å². The van der Waals surface area contributed by atoms with Crippen LogP contribution in [-0.4, -0.2) is 19.0 Å². The second-order valence-electron chi connectivity index (χ2n) is 3.08. The largest absolute Gasteiger partial charge is 0.376 e. The Hall–Kier alpha value is -1.55. The molecular weight excluding hydrogens is 231 g/mol. The monoisotopic (exact) mass is 242 g/mol. The van der Waals surface area contributed by atoms with Gasteiger partial charge in [0.2, 0.25) is 5.91 Å². The standard InChI is InChI=1S/C11H12ClFN2O/c1-2-5-14-11(16)7-15-8-3-4-10(13)9(12)6-8/h2-4,6,15H,1,5,7H2,(H,14,16). The molecule has 86 valence electrons. The third-order valence-corrected chi connectivity index (χ3v) is 2.11. The van der Waals surface area contributed by atoms with Gasteiger partial charge >= 0.3 is 0 Å². The maximum Gasteiger partial charge on any atom is 0.239 e. The molecule has 0 radical (unpaired) electrons. The van der Waals surface area contributed by atoms with E-state index in [9.17, 15) is 9.18 Å². The van der Waals surface area contributed by atoms with Gasteiger partial charge in [0.1, 0.15) is 5.82 Å². The molecule has 1 amide bonds. The maximum atomic E-state index is 12.8. The van der Waals surface area contributed by atoms with Gasteiger partial charge in [0.15, 0.2) is 0 Å². The number of halogens is 2. The lowest BCUT2D eigenvalue weighted by atomic mass is 10.3. The fourth-order valence-electron chi connectivity index (χ4n) is 1.04. The first-order valence-electron chi connectivity index (χ1n) is 4.70. The molecule has 0 bridgehead atoms. The number of hydrogen-bond donors (Lipinski definition) is 2. The zero-order valence-electron chi connectivity index (χ0n) is 8.59. The molecule has 0 unspecified atom stereocenters. The molecule has 0 aliphatic rings. The summed E-state index contributed by atoms with van der Waals surface area (Å²) in [5.41, 5.74) is 0.597. The van der Waals surface area contributed by atoms with E-state index in [1.165, 1.54) is 18.2 Å². The average molecular weight is 243 g/mol. The number of nitrogens with one attached hydrogen (secondary N) is 2. The number of amides is 1. The van der Waals surface area contributed by atoms with Crippen molar-refractivity contribution < 1.29 is 9.18 Å². The Morgan fingerprint density at radius 3 is 2.94 bits per heavy atom. The van der Waals surface area contributed by atoms with Gasteiger partial charge in [-0.3, -0.25) is 4.79 Å². The highest BCUT2D eigenvalue weighted by Gasteiger charge is 2.02. The molecule has 0 fully saturated rings. The first-order chi connectivity index (χ1) is 7.63. The number of benzene rings is 1. The predicted octanol–water partition coefficient (Wildman–Crippen LogP) is 2.19. The highest BCUT2D eigenvalue weighted by Crippen LogP contribution is 2.18. The number of carbonyl (C=O) groups excluding carboxylic acids is 1. The third-order valence-electron chi connectivity index (χ3n) is 1.82. The molecule has 0 aliphatic heterocycles. The van der Waals surface area contributed by atoms with Crippen molar-refractivity contribution in [1.29, 1.82) is 0 Å². The van der Waals surface area contributed by atoms with Crippen LogP contribution in [-0.2, 0) is 4.79 Å². The zero-order chi connectivity index (χ0) is 12.0. The van der Waals surface area contributed by atoms with Gasteiger partial charge in [-0.15, -0.1) is 6.58 Å². The van der Waals surface area contributed by atoms with Gasteiger partial charge in [0, 0.05) is 12.2 Å². The van der Waals surface area contributed by atoms with E-state index in [2.05, 4.69) is 17.2 Å². The summed E-state index contributed by atoms with van der Waals surface area (Å²) in [6, 6.07) is 4.19. The van der Waals surface area contributed by atoms with Crippen molar-refractivity contribution in [3.63, 3.8) is 0 Å². The lowest BCUT2D eigenvalue weighted by Gasteiger charge is -2.06. The van der Waals surface area contributed by atoms with Gasteiger partial charge in [-0.25, -0.2) is 4.39 Å². The summed E-state index contributed by atoms with van der Waals surface area (Å²) in [6.45, 7) is 4.01. The second kappa shape index (κ2) is 6.12. The summed E-state index contributed by atoms with van der Waals surface area (Å²) in [5.74, 6) is -0.649. The van der Waals surface area contributed by atoms with Crippen LogP contribution in [0.2, 0.25) is 5.02 Å². The zero-order valence-corrected chi connectivity index (χ0v) is 9.35. The Morgan fingerprint density at radius 2 is 2.31 bits per heavy atom. The van der Waals surface area contributed by atoms with Crippen molar-refractivity contribution in [3.05, 3.63) is 41.7 Å². The highest BCUT2D eigenvalue weighted by atomic mass is 35.5. The van der Waals surface area contributed by atoms with Crippen LogP contribution in [0, 0.1) is 5.82 Å². The first-order valence-corrected chi connectivity index (χ1v) is 5.08. The van der Waals surface area contributed by atoms with E-state index in [0.717, 1.165) is 0 Å². The van der Waals surface area contributed by atoms with Crippen LogP contribution in [0.3, 0.4) is 0 Å². The number of hydrogen-bond acceptors (Lipinski definition) is 2. The second-order valence-corrected chi connectivity index (χ2v) is 3.48. The normalized spacial score (nSPS) is 9.62. The lowest BCUT2D eigenvalue weighted by molar-refractivity contribution is -0.119. The van der Waals surface area contributed by atoms with Crippen molar-refractivity contribution in [3.8, 4) is 0 Å². The summed E-state index contributed by atoms with van der Waals surface area (Å²) in [7, 11) is 0. The molecular formula is C11H12ClFN2O. The summed E-state index contributed by atoms with van der Waals surface area (Å²) >= 11 is 5.58. The van der Waals surface area contributed by atoms with Crippen molar-refractivity contribution in [2.24, 2.45) is 0 Å². The average Bonchev–Trinajstić information content (AvgIpc) is 2.28. The van der Waals surface area contributed by atoms with Crippen LogP contribution in [0.15, 0.2) is 30.9 Å². The maximum absolute atomic E-state index is 12.8. The highest BCUT2D eigenvalue weighted by molar-refractivity contribution is 6.31. The summed E-state index contributed by atoms with van der Waals surface area (Å²) < 4.78 is 12.8. The molecule has 1 aromatic rings. The summed E-state index contributed by atoms with van der Waals surface area (Å²) in [6.07, 6.45) is 1.59. The number of anilines is 1.